The molecule has 4 nitrogen and oxygen atoms in total. The lowest BCUT2D eigenvalue weighted by molar-refractivity contribution is 0.480. The molecule has 0 amide bonds. The number of sulfone groups is 1. The summed E-state index contributed by atoms with van der Waals surface area (Å²) in [6.07, 6.45) is 4.16. The third kappa shape index (κ3) is 4.52. The number of rotatable bonds is 7. The Bertz CT molecular complexity index is 801. The molecule has 2 aromatic rings. The summed E-state index contributed by atoms with van der Waals surface area (Å²) in [4.78, 5) is 4.55. The van der Waals surface area contributed by atoms with E-state index in [-0.39, 0.29) is 15.7 Å². The second-order valence-corrected chi connectivity index (χ2v) is 9.18. The van der Waals surface area contributed by atoms with Crippen molar-refractivity contribution in [3.63, 3.8) is 0 Å². The molecule has 1 aromatic carbocycles. The van der Waals surface area contributed by atoms with Crippen LogP contribution in [-0.4, -0.2) is 23.7 Å². The fourth-order valence-electron chi connectivity index (χ4n) is 2.47. The predicted octanol–water partition coefficient (Wildman–Crippen LogP) is 4.81. The molecule has 0 spiro atoms. The van der Waals surface area contributed by atoms with Crippen molar-refractivity contribution in [2.24, 2.45) is 5.92 Å². The molecule has 0 saturated carbocycles. The second-order valence-electron chi connectivity index (χ2n) is 6.26. The van der Waals surface area contributed by atoms with Crippen molar-refractivity contribution < 1.29 is 8.42 Å². The molecule has 0 saturated heterocycles. The van der Waals surface area contributed by atoms with Gasteiger partial charge in [-0.25, -0.2) is 13.4 Å². The number of benzene rings is 1. The van der Waals surface area contributed by atoms with Crippen LogP contribution >= 0.6 is 23.2 Å². The van der Waals surface area contributed by atoms with Crippen LogP contribution in [0, 0.1) is 5.92 Å². The molecule has 0 fully saturated rings. The lowest BCUT2D eigenvalue weighted by atomic mass is 9.97. The molecule has 0 bridgehead atoms. The summed E-state index contributed by atoms with van der Waals surface area (Å²) in [5.41, 5.74) is 0. The number of aromatic nitrogens is 2. The van der Waals surface area contributed by atoms with Gasteiger partial charge >= 0.3 is 0 Å². The van der Waals surface area contributed by atoms with Gasteiger partial charge in [-0.15, -0.1) is 0 Å². The van der Waals surface area contributed by atoms with E-state index in [0.29, 0.717) is 29.8 Å². The van der Waals surface area contributed by atoms with Gasteiger partial charge in [-0.05, 0) is 30.5 Å². The molecule has 0 N–H and O–H groups in total. The minimum atomic E-state index is -3.43. The van der Waals surface area contributed by atoms with Crippen LogP contribution in [-0.2, 0) is 16.4 Å². The summed E-state index contributed by atoms with van der Waals surface area (Å²) in [6.45, 7) is 7.04. The van der Waals surface area contributed by atoms with Gasteiger partial charge in [0.2, 0.25) is 0 Å². The van der Waals surface area contributed by atoms with Crippen LogP contribution in [0.2, 0.25) is 10.0 Å². The lowest BCUT2D eigenvalue weighted by Gasteiger charge is -2.17. The first kappa shape index (κ1) is 19.3. The zero-order valence-corrected chi connectivity index (χ0v) is 16.4. The lowest BCUT2D eigenvalue weighted by Crippen LogP contribution is -2.14. The molecule has 132 valence electrons. The first-order valence-electron chi connectivity index (χ1n) is 7.91. The summed E-state index contributed by atoms with van der Waals surface area (Å²) in [5, 5.41) is 0.587. The highest BCUT2D eigenvalue weighted by Crippen LogP contribution is 2.26. The van der Waals surface area contributed by atoms with E-state index < -0.39 is 9.84 Å². The Balaban J connectivity index is 2.05. The maximum atomic E-state index is 12.5. The van der Waals surface area contributed by atoms with Crippen molar-refractivity contribution in [3.05, 3.63) is 46.5 Å². The van der Waals surface area contributed by atoms with Crippen LogP contribution in [0.3, 0.4) is 0 Å². The van der Waals surface area contributed by atoms with Gasteiger partial charge in [-0.3, -0.25) is 0 Å². The van der Waals surface area contributed by atoms with E-state index in [1.54, 1.807) is 12.3 Å². The topological polar surface area (TPSA) is 52.0 Å². The van der Waals surface area contributed by atoms with E-state index >= 15 is 0 Å². The average molecular weight is 389 g/mol. The van der Waals surface area contributed by atoms with Crippen LogP contribution in [0.4, 0.5) is 0 Å². The Morgan fingerprint density at radius 3 is 2.54 bits per heavy atom. The minimum absolute atomic E-state index is 0.0298. The number of aryl methyl sites for hydroxylation is 1. The highest BCUT2D eigenvalue weighted by Gasteiger charge is 2.19. The third-order valence-corrected chi connectivity index (χ3v) is 6.71. The molecule has 1 unspecified atom stereocenters. The molecule has 1 heterocycles. The molecule has 0 aliphatic heterocycles. The number of hydrogen-bond acceptors (Lipinski definition) is 3. The quantitative estimate of drug-likeness (QED) is 0.683. The minimum Gasteiger partial charge on any atom is -0.335 e. The van der Waals surface area contributed by atoms with E-state index in [9.17, 15) is 8.42 Å². The molecule has 24 heavy (non-hydrogen) atoms. The summed E-state index contributed by atoms with van der Waals surface area (Å²) in [5.74, 6) is 1.82. The molecule has 7 heteroatoms. The number of halogens is 2. The van der Waals surface area contributed by atoms with E-state index in [0.717, 1.165) is 5.82 Å². The molecule has 1 atom stereocenters. The predicted molar refractivity (Wildman–Crippen MR) is 98.6 cm³/mol. The SMILES string of the molecule is CC(C)C(C)c1nccn1CCCS(=O)(=O)c1ccc(Cl)cc1Cl. The molecule has 0 aliphatic carbocycles. The summed E-state index contributed by atoms with van der Waals surface area (Å²) < 4.78 is 27.0. The monoisotopic (exact) mass is 388 g/mol. The Morgan fingerprint density at radius 2 is 1.92 bits per heavy atom. The first-order chi connectivity index (χ1) is 11.2. The van der Waals surface area contributed by atoms with Crippen molar-refractivity contribution >= 4 is 33.0 Å². The molecule has 0 radical (unpaired) electrons. The van der Waals surface area contributed by atoms with Crippen LogP contribution in [0.1, 0.15) is 38.9 Å². The largest absolute Gasteiger partial charge is 0.335 e. The maximum Gasteiger partial charge on any atom is 0.179 e. The Hall–Kier alpha value is -1.04. The first-order valence-corrected chi connectivity index (χ1v) is 10.3. The van der Waals surface area contributed by atoms with Crippen molar-refractivity contribution in [1.82, 2.24) is 9.55 Å². The fourth-order valence-corrected chi connectivity index (χ4v) is 4.59. The normalized spacial score (nSPS) is 13.4. The van der Waals surface area contributed by atoms with Crippen molar-refractivity contribution in [3.8, 4) is 0 Å². The molecular formula is C17H22Cl2N2O2S. The summed E-state index contributed by atoms with van der Waals surface area (Å²) in [7, 11) is -3.43. The highest BCUT2D eigenvalue weighted by atomic mass is 35.5. The van der Waals surface area contributed by atoms with Crippen molar-refractivity contribution in [1.29, 1.82) is 0 Å². The molecular weight excluding hydrogens is 367 g/mol. The van der Waals surface area contributed by atoms with E-state index in [1.165, 1.54) is 12.1 Å². The standard InChI is InChI=1S/C17H22Cl2N2O2S/c1-12(2)13(3)17-20-7-9-21(17)8-4-10-24(22,23)16-6-5-14(18)11-15(16)19/h5-7,9,11-13H,4,8,10H2,1-3H3. The van der Waals surface area contributed by atoms with Crippen LogP contribution in [0.15, 0.2) is 35.5 Å². The maximum absolute atomic E-state index is 12.5. The summed E-state index contributed by atoms with van der Waals surface area (Å²) >= 11 is 11.8. The van der Waals surface area contributed by atoms with Gasteiger partial charge in [-0.2, -0.15) is 0 Å². The van der Waals surface area contributed by atoms with Gasteiger partial charge < -0.3 is 4.57 Å². The average Bonchev–Trinajstić information content (AvgIpc) is 2.94. The second kappa shape index (κ2) is 7.89. The Labute approximate surface area is 153 Å². The number of imidazole rings is 1. The summed E-state index contributed by atoms with van der Waals surface area (Å²) in [6, 6.07) is 4.45. The van der Waals surface area contributed by atoms with E-state index in [1.807, 2.05) is 10.8 Å². The van der Waals surface area contributed by atoms with E-state index in [2.05, 4.69) is 25.8 Å². The van der Waals surface area contributed by atoms with E-state index in [4.69, 9.17) is 23.2 Å². The van der Waals surface area contributed by atoms with Crippen LogP contribution in [0.25, 0.3) is 0 Å². The zero-order chi connectivity index (χ0) is 17.9. The number of nitrogens with zero attached hydrogens (tertiary/aromatic N) is 2. The van der Waals surface area contributed by atoms with Crippen LogP contribution in [0.5, 0.6) is 0 Å². The van der Waals surface area contributed by atoms with Gasteiger partial charge in [0.05, 0.1) is 15.7 Å². The molecule has 0 aliphatic rings. The smallest absolute Gasteiger partial charge is 0.179 e. The Morgan fingerprint density at radius 1 is 1.21 bits per heavy atom. The number of hydrogen-bond donors (Lipinski definition) is 0. The molecule has 1 aromatic heterocycles. The van der Waals surface area contributed by atoms with Crippen LogP contribution < -0.4 is 0 Å². The van der Waals surface area contributed by atoms with Gasteiger partial charge in [-0.1, -0.05) is 44.0 Å². The van der Waals surface area contributed by atoms with Gasteiger partial charge in [0.15, 0.2) is 9.84 Å². The molecule has 2 rings (SSSR count). The van der Waals surface area contributed by atoms with Gasteiger partial charge in [0.1, 0.15) is 5.82 Å². The van der Waals surface area contributed by atoms with Gasteiger partial charge in [0, 0.05) is 29.9 Å². The third-order valence-electron chi connectivity index (χ3n) is 4.20. The van der Waals surface area contributed by atoms with Crippen molar-refractivity contribution in [2.75, 3.05) is 5.75 Å². The van der Waals surface area contributed by atoms with Crippen molar-refractivity contribution in [2.45, 2.75) is 44.6 Å². The fraction of sp³-hybridized carbons (Fsp3) is 0.471. The Kier molecular flexibility index (Phi) is 6.34. The van der Waals surface area contributed by atoms with Gasteiger partial charge in [0.25, 0.3) is 0 Å². The zero-order valence-electron chi connectivity index (χ0n) is 14.0. The highest BCUT2D eigenvalue weighted by molar-refractivity contribution is 7.91.